The Balaban J connectivity index is 1.91. The Morgan fingerprint density at radius 1 is 1.25 bits per heavy atom. The molecule has 0 radical (unpaired) electrons. The van der Waals surface area contributed by atoms with E-state index in [0.717, 1.165) is 25.3 Å². The van der Waals surface area contributed by atoms with Crippen LogP contribution < -0.4 is 5.32 Å². The van der Waals surface area contributed by atoms with Gasteiger partial charge in [-0.05, 0) is 37.2 Å². The van der Waals surface area contributed by atoms with E-state index in [1.807, 2.05) is 0 Å². The topological polar surface area (TPSA) is 98.8 Å². The van der Waals surface area contributed by atoms with Crippen molar-refractivity contribution in [2.45, 2.75) is 31.5 Å². The summed E-state index contributed by atoms with van der Waals surface area (Å²) in [5.74, 6) is -0.815. The summed E-state index contributed by atoms with van der Waals surface area (Å²) in [5.41, 5.74) is 0. The number of esters is 1. The zero-order valence-corrected chi connectivity index (χ0v) is 11.7. The van der Waals surface area contributed by atoms with Crippen LogP contribution in [-0.4, -0.2) is 39.0 Å². The molecule has 2 saturated carbocycles. The maximum atomic E-state index is 11.6. The van der Waals surface area contributed by atoms with Crippen molar-refractivity contribution in [2.24, 2.45) is 11.8 Å². The van der Waals surface area contributed by atoms with Gasteiger partial charge in [0.05, 0.1) is 0 Å². The standard InChI is InChI=1S/C12H17NO6S/c1-2-9(14)13-6-10(15)18-11-7-3-4-8(5-7)12(11)19-20(16)17/h2,7-8,11-12,20H,1,3-6H2,(H,13,14). The number of hydrogen-bond acceptors (Lipinski definition) is 6. The van der Waals surface area contributed by atoms with E-state index in [-0.39, 0.29) is 18.4 Å². The second kappa shape index (κ2) is 6.36. The summed E-state index contributed by atoms with van der Waals surface area (Å²) in [7, 11) is -2.97. The summed E-state index contributed by atoms with van der Waals surface area (Å²) < 4.78 is 31.6. The number of thiol groups is 1. The van der Waals surface area contributed by atoms with Crippen LogP contribution in [0.4, 0.5) is 0 Å². The third kappa shape index (κ3) is 3.37. The number of ether oxygens (including phenoxy) is 1. The Morgan fingerprint density at radius 2 is 1.90 bits per heavy atom. The normalized spacial score (nSPS) is 31.2. The number of fused-ring (bicyclic) bond motifs is 2. The van der Waals surface area contributed by atoms with Gasteiger partial charge in [0, 0.05) is 0 Å². The van der Waals surface area contributed by atoms with Gasteiger partial charge in [-0.15, -0.1) is 0 Å². The maximum absolute atomic E-state index is 11.6. The summed E-state index contributed by atoms with van der Waals surface area (Å²) in [6.45, 7) is 3.00. The van der Waals surface area contributed by atoms with Crippen LogP contribution in [0.15, 0.2) is 12.7 Å². The first-order valence-electron chi connectivity index (χ1n) is 6.42. The summed E-state index contributed by atoms with van der Waals surface area (Å²) >= 11 is 0. The molecule has 0 aromatic rings. The number of hydrogen-bond donors (Lipinski definition) is 2. The fraction of sp³-hybridized carbons (Fsp3) is 0.667. The minimum Gasteiger partial charge on any atom is -0.458 e. The molecule has 2 aliphatic carbocycles. The SMILES string of the molecule is C=CC(=O)NCC(=O)OC1C2CCC(C2)C1O[SH](=O)=O. The molecule has 0 saturated heterocycles. The molecule has 2 rings (SSSR count). The van der Waals surface area contributed by atoms with Crippen molar-refractivity contribution in [3.8, 4) is 0 Å². The molecule has 20 heavy (non-hydrogen) atoms. The molecule has 2 fully saturated rings. The highest BCUT2D eigenvalue weighted by Crippen LogP contribution is 2.47. The zero-order valence-electron chi connectivity index (χ0n) is 10.8. The first kappa shape index (κ1) is 15.0. The Bertz CT molecular complexity index is 480. The Labute approximate surface area is 118 Å². The summed E-state index contributed by atoms with van der Waals surface area (Å²) in [6, 6.07) is 0. The van der Waals surface area contributed by atoms with Crippen LogP contribution in [0.5, 0.6) is 0 Å². The predicted molar refractivity (Wildman–Crippen MR) is 69.1 cm³/mol. The van der Waals surface area contributed by atoms with Gasteiger partial charge in [-0.2, -0.15) is 0 Å². The average Bonchev–Trinajstić information content (AvgIpc) is 2.98. The maximum Gasteiger partial charge on any atom is 0.325 e. The fourth-order valence-electron chi connectivity index (χ4n) is 3.02. The molecule has 0 spiro atoms. The lowest BCUT2D eigenvalue weighted by Gasteiger charge is -2.28. The highest BCUT2D eigenvalue weighted by molar-refractivity contribution is 7.67. The van der Waals surface area contributed by atoms with Crippen LogP contribution in [0, 0.1) is 11.8 Å². The van der Waals surface area contributed by atoms with Gasteiger partial charge in [0.25, 0.3) is 11.0 Å². The fourth-order valence-corrected chi connectivity index (χ4v) is 3.51. The number of carbonyl (C=O) groups is 2. The smallest absolute Gasteiger partial charge is 0.325 e. The molecule has 0 aromatic heterocycles. The lowest BCUT2D eigenvalue weighted by Crippen LogP contribution is -2.40. The van der Waals surface area contributed by atoms with E-state index in [2.05, 4.69) is 11.9 Å². The highest BCUT2D eigenvalue weighted by Gasteiger charge is 2.51. The number of carbonyl (C=O) groups excluding carboxylic acids is 2. The molecule has 4 atom stereocenters. The van der Waals surface area contributed by atoms with Gasteiger partial charge in [-0.3, -0.25) is 13.8 Å². The summed E-state index contributed by atoms with van der Waals surface area (Å²) in [4.78, 5) is 22.6. The van der Waals surface area contributed by atoms with E-state index in [0.29, 0.717) is 0 Å². The highest BCUT2D eigenvalue weighted by atomic mass is 32.2. The van der Waals surface area contributed by atoms with Crippen molar-refractivity contribution in [2.75, 3.05) is 6.54 Å². The van der Waals surface area contributed by atoms with Crippen molar-refractivity contribution in [1.82, 2.24) is 5.32 Å². The Morgan fingerprint density at radius 3 is 2.50 bits per heavy atom. The van der Waals surface area contributed by atoms with Crippen LogP contribution in [0.2, 0.25) is 0 Å². The minimum absolute atomic E-state index is 0.119. The third-order valence-corrected chi connectivity index (χ3v) is 4.25. The van der Waals surface area contributed by atoms with Gasteiger partial charge in [-0.1, -0.05) is 6.58 Å². The van der Waals surface area contributed by atoms with Crippen molar-refractivity contribution in [3.05, 3.63) is 12.7 Å². The van der Waals surface area contributed by atoms with E-state index < -0.39 is 35.1 Å². The van der Waals surface area contributed by atoms with Crippen molar-refractivity contribution in [3.63, 3.8) is 0 Å². The van der Waals surface area contributed by atoms with E-state index >= 15 is 0 Å². The van der Waals surface area contributed by atoms with Gasteiger partial charge < -0.3 is 10.1 Å². The zero-order chi connectivity index (χ0) is 14.7. The van der Waals surface area contributed by atoms with Gasteiger partial charge in [-0.25, -0.2) is 8.42 Å². The molecule has 0 aromatic carbocycles. The van der Waals surface area contributed by atoms with Crippen molar-refractivity contribution < 1.29 is 26.9 Å². The first-order chi connectivity index (χ1) is 9.51. The number of amides is 1. The molecule has 0 aliphatic heterocycles. The molecular weight excluding hydrogens is 286 g/mol. The van der Waals surface area contributed by atoms with Crippen LogP contribution >= 0.6 is 0 Å². The Hall–Kier alpha value is -1.41. The summed E-state index contributed by atoms with van der Waals surface area (Å²) in [6.07, 6.45) is 2.52. The van der Waals surface area contributed by atoms with Crippen molar-refractivity contribution in [1.29, 1.82) is 0 Å². The molecule has 2 aliphatic rings. The molecule has 112 valence electrons. The lowest BCUT2D eigenvalue weighted by molar-refractivity contribution is -0.156. The van der Waals surface area contributed by atoms with Gasteiger partial charge in [0.2, 0.25) is 5.91 Å². The van der Waals surface area contributed by atoms with Crippen LogP contribution in [0.1, 0.15) is 19.3 Å². The quantitative estimate of drug-likeness (QED) is 0.391. The minimum atomic E-state index is -2.97. The third-order valence-electron chi connectivity index (χ3n) is 3.83. The first-order valence-corrected chi connectivity index (χ1v) is 7.51. The lowest BCUT2D eigenvalue weighted by atomic mass is 9.95. The number of nitrogens with one attached hydrogen (secondary N) is 1. The molecule has 1 amide bonds. The van der Waals surface area contributed by atoms with Gasteiger partial charge in [0.1, 0.15) is 18.8 Å². The Kier molecular flexibility index (Phi) is 4.77. The number of rotatable bonds is 6. The largest absolute Gasteiger partial charge is 0.458 e. The van der Waals surface area contributed by atoms with Gasteiger partial charge in [0.15, 0.2) is 0 Å². The second-order valence-corrected chi connectivity index (χ2v) is 5.66. The molecule has 4 unspecified atom stereocenters. The van der Waals surface area contributed by atoms with E-state index in [9.17, 15) is 18.0 Å². The molecule has 8 heteroatoms. The summed E-state index contributed by atoms with van der Waals surface area (Å²) in [5, 5.41) is 2.31. The van der Waals surface area contributed by atoms with E-state index in [4.69, 9.17) is 8.92 Å². The van der Waals surface area contributed by atoms with E-state index in [1.165, 1.54) is 0 Å². The average molecular weight is 303 g/mol. The molecular formula is C12H17NO6S. The predicted octanol–water partition coefficient (Wildman–Crippen LogP) is -0.458. The molecule has 7 nitrogen and oxygen atoms in total. The van der Waals surface area contributed by atoms with Crippen LogP contribution in [0.25, 0.3) is 0 Å². The monoisotopic (exact) mass is 303 g/mol. The van der Waals surface area contributed by atoms with E-state index in [1.54, 1.807) is 0 Å². The molecule has 1 N–H and O–H groups in total. The molecule has 2 bridgehead atoms. The van der Waals surface area contributed by atoms with Crippen LogP contribution in [-0.2, 0) is 29.5 Å². The molecule has 0 heterocycles. The van der Waals surface area contributed by atoms with Crippen LogP contribution in [0.3, 0.4) is 0 Å². The van der Waals surface area contributed by atoms with Crippen molar-refractivity contribution >= 4 is 22.9 Å². The second-order valence-electron chi connectivity index (χ2n) is 5.00. The van der Waals surface area contributed by atoms with Gasteiger partial charge >= 0.3 is 5.97 Å².